The molecule has 0 spiro atoms. The number of H-pyrrole nitrogens is 1. The Morgan fingerprint density at radius 3 is 2.83 bits per heavy atom. The summed E-state index contributed by atoms with van der Waals surface area (Å²) in [6.07, 6.45) is 0.0379. The molecule has 1 aromatic heterocycles. The third kappa shape index (κ3) is 2.20. The summed E-state index contributed by atoms with van der Waals surface area (Å²) in [4.78, 5) is 34.4. The number of aromatic nitrogens is 2. The molecule has 1 saturated heterocycles. The Hall–Kier alpha value is -1.21. The van der Waals surface area contributed by atoms with E-state index in [2.05, 4.69) is 4.98 Å². The molecule has 1 aliphatic heterocycles. The average Bonchev–Trinajstić information content (AvgIpc) is 2.58. The number of nitrogens with one attached hydrogen (secondary N) is 1. The zero-order valence-corrected chi connectivity index (χ0v) is 10.5. The maximum Gasteiger partial charge on any atom is 0.330 e. The summed E-state index contributed by atoms with van der Waals surface area (Å²) in [7, 11) is -3.65. The molecule has 100 valence electrons. The number of hydrogen-bond donors (Lipinski definition) is 3. The third-order valence-electron chi connectivity index (χ3n) is 2.79. The molecular weight excluding hydrogens is 263 g/mol. The molecule has 1 aliphatic rings. The molecule has 0 bridgehead atoms. The van der Waals surface area contributed by atoms with Crippen molar-refractivity contribution in [2.24, 2.45) is 0 Å². The second kappa shape index (κ2) is 4.47. The number of aliphatic hydroxyl groups excluding tert-OH is 1. The number of nitrogens with zero attached hydrogens (tertiary/aromatic N) is 1. The number of ether oxygens (including phenoxy) is 1. The monoisotopic (exact) mass is 276 g/mol. The summed E-state index contributed by atoms with van der Waals surface area (Å²) in [6.45, 7) is 0.910. The van der Waals surface area contributed by atoms with Crippen molar-refractivity contribution >= 4 is 7.37 Å². The van der Waals surface area contributed by atoms with Crippen LogP contribution in [0.1, 0.15) is 11.8 Å². The molecule has 18 heavy (non-hydrogen) atoms. The quantitative estimate of drug-likeness (QED) is 0.593. The lowest BCUT2D eigenvalue weighted by atomic mass is 10.4. The van der Waals surface area contributed by atoms with E-state index in [1.54, 1.807) is 0 Å². The zero-order chi connectivity index (χ0) is 13.5. The first kappa shape index (κ1) is 13.2. The molecule has 1 fully saturated rings. The van der Waals surface area contributed by atoms with E-state index in [0.29, 0.717) is 5.56 Å². The zero-order valence-electron chi connectivity index (χ0n) is 9.57. The van der Waals surface area contributed by atoms with Crippen LogP contribution in [-0.4, -0.2) is 38.2 Å². The van der Waals surface area contributed by atoms with Crippen molar-refractivity contribution in [3.8, 4) is 0 Å². The topological polar surface area (TPSA) is 122 Å². The van der Waals surface area contributed by atoms with Crippen LogP contribution < -0.4 is 11.2 Å². The second-order valence-corrected chi connectivity index (χ2v) is 6.60. The van der Waals surface area contributed by atoms with Gasteiger partial charge in [0.05, 0.1) is 12.8 Å². The van der Waals surface area contributed by atoms with Gasteiger partial charge in [0.15, 0.2) is 5.85 Å². The summed E-state index contributed by atoms with van der Waals surface area (Å²) in [6, 6.07) is 0. The van der Waals surface area contributed by atoms with E-state index < -0.39 is 37.3 Å². The molecule has 0 radical (unpaired) electrons. The molecule has 0 aromatic carbocycles. The highest BCUT2D eigenvalue weighted by Crippen LogP contribution is 2.55. The molecule has 2 rings (SSSR count). The van der Waals surface area contributed by atoms with Crippen LogP contribution in [0, 0.1) is 6.92 Å². The van der Waals surface area contributed by atoms with Gasteiger partial charge in [-0.15, -0.1) is 0 Å². The van der Waals surface area contributed by atoms with E-state index in [4.69, 9.17) is 9.84 Å². The van der Waals surface area contributed by atoms with E-state index in [1.807, 2.05) is 0 Å². The molecule has 1 aromatic rings. The maximum atomic E-state index is 11.7. The van der Waals surface area contributed by atoms with Gasteiger partial charge in [0, 0.05) is 11.8 Å². The Balaban J connectivity index is 2.41. The normalized spacial score (nSPS) is 31.7. The lowest BCUT2D eigenvalue weighted by Gasteiger charge is -2.13. The van der Waals surface area contributed by atoms with Crippen LogP contribution in [0.25, 0.3) is 0 Å². The summed E-state index contributed by atoms with van der Waals surface area (Å²) in [5.41, 5.74) is -0.937. The molecule has 9 heteroatoms. The Labute approximate surface area is 101 Å². The first-order valence-electron chi connectivity index (χ1n) is 5.25. The van der Waals surface area contributed by atoms with Crippen molar-refractivity contribution < 1.29 is 19.3 Å². The molecule has 2 heterocycles. The van der Waals surface area contributed by atoms with E-state index in [-0.39, 0.29) is 6.16 Å². The van der Waals surface area contributed by atoms with E-state index in [9.17, 15) is 19.0 Å². The van der Waals surface area contributed by atoms with Crippen molar-refractivity contribution in [3.05, 3.63) is 32.6 Å². The molecule has 3 N–H and O–H groups in total. The first-order valence-corrected chi connectivity index (χ1v) is 7.16. The van der Waals surface area contributed by atoms with Crippen molar-refractivity contribution in [2.45, 2.75) is 19.0 Å². The molecule has 1 unspecified atom stereocenters. The summed E-state index contributed by atoms with van der Waals surface area (Å²) in [5, 5.41) is 8.93. The number of aliphatic hydroxyl groups is 1. The standard InChI is InChI=1S/C9H13N2O6P/c1-5-2-11(9(14)10-8(5)13)6-4-18(15,16)7(3-12)17-6/h2,6-7,12H,3-4H2,1H3,(H,15,16)(H,10,13,14)/t6-,7-/m0/s1. The van der Waals surface area contributed by atoms with Crippen LogP contribution >= 0.6 is 7.37 Å². The van der Waals surface area contributed by atoms with Crippen molar-refractivity contribution in [3.63, 3.8) is 0 Å². The fourth-order valence-corrected chi connectivity index (χ4v) is 3.32. The Morgan fingerprint density at radius 1 is 1.61 bits per heavy atom. The van der Waals surface area contributed by atoms with Gasteiger partial charge in [-0.25, -0.2) is 4.79 Å². The van der Waals surface area contributed by atoms with Crippen LogP contribution in [0.2, 0.25) is 0 Å². The van der Waals surface area contributed by atoms with Gasteiger partial charge in [-0.05, 0) is 6.92 Å². The smallest absolute Gasteiger partial charge is 0.330 e. The van der Waals surface area contributed by atoms with Crippen molar-refractivity contribution in [2.75, 3.05) is 12.8 Å². The van der Waals surface area contributed by atoms with E-state index in [0.717, 1.165) is 4.57 Å². The van der Waals surface area contributed by atoms with Gasteiger partial charge in [0.1, 0.15) is 6.23 Å². The Morgan fingerprint density at radius 2 is 2.28 bits per heavy atom. The van der Waals surface area contributed by atoms with Gasteiger partial charge < -0.3 is 14.7 Å². The number of aromatic amines is 1. The van der Waals surface area contributed by atoms with Crippen molar-refractivity contribution in [1.82, 2.24) is 9.55 Å². The fraction of sp³-hybridized carbons (Fsp3) is 0.556. The lowest BCUT2D eigenvalue weighted by molar-refractivity contribution is -0.00961. The second-order valence-electron chi connectivity index (χ2n) is 4.14. The average molecular weight is 276 g/mol. The minimum Gasteiger partial charge on any atom is -0.393 e. The largest absolute Gasteiger partial charge is 0.393 e. The maximum absolute atomic E-state index is 11.7. The van der Waals surface area contributed by atoms with Gasteiger partial charge in [-0.3, -0.25) is 18.9 Å². The minimum absolute atomic E-state index is 0.274. The first-order chi connectivity index (χ1) is 8.35. The highest BCUT2D eigenvalue weighted by molar-refractivity contribution is 7.58. The summed E-state index contributed by atoms with van der Waals surface area (Å²) in [5.74, 6) is -1.19. The van der Waals surface area contributed by atoms with Gasteiger partial charge in [-0.1, -0.05) is 0 Å². The van der Waals surface area contributed by atoms with Gasteiger partial charge >= 0.3 is 5.69 Å². The third-order valence-corrected chi connectivity index (χ3v) is 4.81. The molecule has 8 nitrogen and oxygen atoms in total. The highest BCUT2D eigenvalue weighted by Gasteiger charge is 2.44. The molecular formula is C9H13N2O6P. The van der Waals surface area contributed by atoms with E-state index >= 15 is 0 Å². The molecule has 0 saturated carbocycles. The number of rotatable bonds is 2. The number of aryl methyl sites for hydroxylation is 1. The number of hydrogen-bond acceptors (Lipinski definition) is 5. The lowest BCUT2D eigenvalue weighted by Crippen LogP contribution is -2.34. The molecule has 0 aliphatic carbocycles. The Kier molecular flexibility index (Phi) is 3.29. The van der Waals surface area contributed by atoms with Crippen LogP contribution in [0.4, 0.5) is 0 Å². The predicted octanol–water partition coefficient (Wildman–Crippen LogP) is -1.04. The van der Waals surface area contributed by atoms with Gasteiger partial charge in [0.2, 0.25) is 7.37 Å². The molecule has 3 atom stereocenters. The van der Waals surface area contributed by atoms with Crippen LogP contribution in [0.15, 0.2) is 15.8 Å². The van der Waals surface area contributed by atoms with Crippen molar-refractivity contribution in [1.29, 1.82) is 0 Å². The van der Waals surface area contributed by atoms with Gasteiger partial charge in [0.25, 0.3) is 5.56 Å². The SMILES string of the molecule is Cc1cn([C@@H]2CP(=O)(O)[C@@H](CO)O2)c(=O)[nH]c1=O. The van der Waals surface area contributed by atoms with E-state index in [1.165, 1.54) is 13.1 Å². The van der Waals surface area contributed by atoms with Crippen LogP contribution in [-0.2, 0) is 9.30 Å². The summed E-state index contributed by atoms with van der Waals surface area (Å²) < 4.78 is 17.9. The van der Waals surface area contributed by atoms with Gasteiger partial charge in [-0.2, -0.15) is 0 Å². The fourth-order valence-electron chi connectivity index (χ4n) is 1.79. The Bertz CT molecular complexity index is 620. The molecule has 0 amide bonds. The van der Waals surface area contributed by atoms with Crippen LogP contribution in [0.3, 0.4) is 0 Å². The predicted molar refractivity (Wildman–Crippen MR) is 61.7 cm³/mol. The highest BCUT2D eigenvalue weighted by atomic mass is 31.2. The minimum atomic E-state index is -3.65. The van der Waals surface area contributed by atoms with Crippen LogP contribution in [0.5, 0.6) is 0 Å². The summed E-state index contributed by atoms with van der Waals surface area (Å²) >= 11 is 0.